The number of hydrogen-bond acceptors (Lipinski definition) is 4. The van der Waals surface area contributed by atoms with Crippen LogP contribution in [0.25, 0.3) is 0 Å². The van der Waals surface area contributed by atoms with Crippen molar-refractivity contribution < 1.29 is 19.1 Å². The molecule has 5 unspecified atom stereocenters. The van der Waals surface area contributed by atoms with Crippen LogP contribution in [-0.2, 0) is 19.1 Å². The van der Waals surface area contributed by atoms with Crippen LogP contribution in [0.5, 0.6) is 0 Å². The van der Waals surface area contributed by atoms with E-state index in [1.165, 1.54) is 11.1 Å². The molecule has 200 valence electrons. The van der Waals surface area contributed by atoms with Gasteiger partial charge >= 0.3 is 5.97 Å². The van der Waals surface area contributed by atoms with Gasteiger partial charge in [-0.15, -0.1) is 0 Å². The number of hydrogen-bond donors (Lipinski definition) is 0. The highest BCUT2D eigenvalue weighted by Gasteiger charge is 2.44. The number of aryl methyl sites for hydroxylation is 6. The summed E-state index contributed by atoms with van der Waals surface area (Å²) in [4.78, 5) is 40.9. The van der Waals surface area contributed by atoms with Crippen molar-refractivity contribution in [3.63, 3.8) is 0 Å². The van der Waals surface area contributed by atoms with E-state index in [1.807, 2.05) is 13.8 Å². The third-order valence-corrected chi connectivity index (χ3v) is 8.40. The maximum absolute atomic E-state index is 14.2. The van der Waals surface area contributed by atoms with Crippen molar-refractivity contribution in [1.82, 2.24) is 0 Å². The molecule has 2 aromatic carbocycles. The molecule has 0 bridgehead atoms. The second kappa shape index (κ2) is 11.8. The van der Waals surface area contributed by atoms with Crippen molar-refractivity contribution in [2.45, 2.75) is 93.4 Å². The van der Waals surface area contributed by atoms with Gasteiger partial charge in [0.05, 0.1) is 12.5 Å². The molecule has 0 spiro atoms. The van der Waals surface area contributed by atoms with Gasteiger partial charge in [-0.1, -0.05) is 49.2 Å². The molecule has 1 fully saturated rings. The highest BCUT2D eigenvalue weighted by atomic mass is 16.5. The maximum Gasteiger partial charge on any atom is 0.308 e. The van der Waals surface area contributed by atoms with Crippen LogP contribution in [0.3, 0.4) is 0 Å². The minimum atomic E-state index is -0.501. The molecule has 0 radical (unpaired) electrons. The number of carbonyl (C=O) groups excluding carboxylic acids is 3. The standard InChI is InChI=1S/C33H44O4/c1-10-37-33(36)26-11-12-27(31(34)24(8)29-20(4)13-18(2)14-21(29)5)28(17-26)32(35)25(9)30-22(6)15-19(3)16-23(30)7/h13-16,24-28H,10-12,17H2,1-9H3. The van der Waals surface area contributed by atoms with Crippen LogP contribution in [0.15, 0.2) is 24.3 Å². The van der Waals surface area contributed by atoms with E-state index in [4.69, 9.17) is 4.74 Å². The van der Waals surface area contributed by atoms with Crippen LogP contribution in [0, 0.1) is 59.3 Å². The minimum absolute atomic E-state index is 0.0620. The number of ether oxygens (including phenoxy) is 1. The van der Waals surface area contributed by atoms with Gasteiger partial charge in [0.25, 0.3) is 0 Å². The topological polar surface area (TPSA) is 60.4 Å². The summed E-state index contributed by atoms with van der Waals surface area (Å²) in [5.74, 6) is -1.98. The summed E-state index contributed by atoms with van der Waals surface area (Å²) in [5.41, 5.74) is 8.87. The van der Waals surface area contributed by atoms with E-state index >= 15 is 0 Å². The zero-order chi connectivity index (χ0) is 27.6. The summed E-state index contributed by atoms with van der Waals surface area (Å²) in [7, 11) is 0. The fourth-order valence-electron chi connectivity index (χ4n) is 6.97. The van der Waals surface area contributed by atoms with Crippen molar-refractivity contribution in [3.8, 4) is 0 Å². The maximum atomic E-state index is 14.2. The Morgan fingerprint density at radius 3 is 1.54 bits per heavy atom. The van der Waals surface area contributed by atoms with Gasteiger partial charge < -0.3 is 4.74 Å². The van der Waals surface area contributed by atoms with Crippen molar-refractivity contribution in [2.75, 3.05) is 6.61 Å². The molecule has 2 aromatic rings. The second-order valence-corrected chi connectivity index (χ2v) is 11.3. The molecule has 4 nitrogen and oxygen atoms in total. The first-order valence-corrected chi connectivity index (χ1v) is 13.8. The van der Waals surface area contributed by atoms with Crippen molar-refractivity contribution in [1.29, 1.82) is 0 Å². The number of carbonyl (C=O) groups is 3. The number of ketones is 2. The fourth-order valence-corrected chi connectivity index (χ4v) is 6.97. The second-order valence-electron chi connectivity index (χ2n) is 11.3. The first-order chi connectivity index (χ1) is 17.4. The van der Waals surface area contributed by atoms with Gasteiger partial charge in [-0.2, -0.15) is 0 Å². The van der Waals surface area contributed by atoms with Gasteiger partial charge in [-0.05, 0) is 101 Å². The van der Waals surface area contributed by atoms with E-state index in [2.05, 4.69) is 65.8 Å². The Kier molecular flexibility index (Phi) is 9.15. The number of Topliss-reactive ketones (excluding diaryl/α,β-unsaturated/α-hetero) is 2. The molecule has 1 saturated carbocycles. The number of rotatable bonds is 8. The Morgan fingerprint density at radius 2 is 1.14 bits per heavy atom. The lowest BCUT2D eigenvalue weighted by Crippen LogP contribution is -2.41. The molecule has 4 heteroatoms. The SMILES string of the molecule is CCOC(=O)C1CCC(C(=O)C(C)c2c(C)cc(C)cc2C)C(C(=O)C(C)c2c(C)cc(C)cc2C)C1. The Hall–Kier alpha value is -2.75. The largest absolute Gasteiger partial charge is 0.466 e. The molecule has 0 aliphatic heterocycles. The smallest absolute Gasteiger partial charge is 0.308 e. The van der Waals surface area contributed by atoms with E-state index in [0.717, 1.165) is 33.4 Å². The first-order valence-electron chi connectivity index (χ1n) is 13.8. The predicted octanol–water partition coefficient (Wildman–Crippen LogP) is 7.18. The quantitative estimate of drug-likeness (QED) is 0.357. The molecule has 0 saturated heterocycles. The normalized spacial score (nSPS) is 21.3. The summed E-state index contributed by atoms with van der Waals surface area (Å²) < 4.78 is 5.33. The van der Waals surface area contributed by atoms with Crippen LogP contribution in [-0.4, -0.2) is 24.1 Å². The molecular formula is C33H44O4. The van der Waals surface area contributed by atoms with Gasteiger partial charge in [-0.3, -0.25) is 14.4 Å². The van der Waals surface area contributed by atoms with Crippen LogP contribution in [0.4, 0.5) is 0 Å². The Morgan fingerprint density at radius 1 is 0.730 bits per heavy atom. The Labute approximate surface area is 223 Å². The van der Waals surface area contributed by atoms with Gasteiger partial charge in [0.15, 0.2) is 0 Å². The molecule has 3 rings (SSSR count). The van der Waals surface area contributed by atoms with Crippen LogP contribution >= 0.6 is 0 Å². The Balaban J connectivity index is 1.99. The van der Waals surface area contributed by atoms with Crippen molar-refractivity contribution in [3.05, 3.63) is 68.8 Å². The average molecular weight is 505 g/mol. The molecular weight excluding hydrogens is 460 g/mol. The van der Waals surface area contributed by atoms with Crippen LogP contribution < -0.4 is 0 Å². The lowest BCUT2D eigenvalue weighted by atomic mass is 9.65. The average Bonchev–Trinajstić information content (AvgIpc) is 2.81. The molecule has 0 heterocycles. The van der Waals surface area contributed by atoms with Crippen LogP contribution in [0.1, 0.15) is 96.4 Å². The summed E-state index contributed by atoms with van der Waals surface area (Å²) in [6, 6.07) is 8.47. The number of esters is 1. The third kappa shape index (κ3) is 6.05. The van der Waals surface area contributed by atoms with E-state index in [-0.39, 0.29) is 35.3 Å². The van der Waals surface area contributed by atoms with Gasteiger partial charge in [0.2, 0.25) is 0 Å². The molecule has 0 N–H and O–H groups in total. The van der Waals surface area contributed by atoms with E-state index in [1.54, 1.807) is 6.92 Å². The molecule has 1 aliphatic rings. The lowest BCUT2D eigenvalue weighted by Gasteiger charge is -2.36. The lowest BCUT2D eigenvalue weighted by molar-refractivity contribution is -0.152. The first kappa shape index (κ1) is 28.8. The predicted molar refractivity (Wildman–Crippen MR) is 149 cm³/mol. The minimum Gasteiger partial charge on any atom is -0.466 e. The molecule has 0 amide bonds. The van der Waals surface area contributed by atoms with Gasteiger partial charge in [0, 0.05) is 23.7 Å². The third-order valence-electron chi connectivity index (χ3n) is 8.40. The molecule has 37 heavy (non-hydrogen) atoms. The summed E-state index contributed by atoms with van der Waals surface area (Å²) in [6.45, 7) is 18.4. The zero-order valence-corrected chi connectivity index (χ0v) is 24.2. The molecule has 1 aliphatic carbocycles. The van der Waals surface area contributed by atoms with Crippen molar-refractivity contribution in [2.24, 2.45) is 17.8 Å². The summed E-state index contributed by atoms with van der Waals surface area (Å²) in [5, 5.41) is 0. The van der Waals surface area contributed by atoms with Crippen LogP contribution in [0.2, 0.25) is 0 Å². The van der Waals surface area contributed by atoms with Gasteiger partial charge in [0.1, 0.15) is 11.6 Å². The highest BCUT2D eigenvalue weighted by Crippen LogP contribution is 2.42. The van der Waals surface area contributed by atoms with E-state index < -0.39 is 11.8 Å². The summed E-state index contributed by atoms with van der Waals surface area (Å²) in [6.07, 6.45) is 1.49. The Bertz CT molecular complexity index is 1140. The monoisotopic (exact) mass is 504 g/mol. The fraction of sp³-hybridized carbons (Fsp3) is 0.545. The van der Waals surface area contributed by atoms with E-state index in [9.17, 15) is 14.4 Å². The zero-order valence-electron chi connectivity index (χ0n) is 24.2. The molecule has 0 aromatic heterocycles. The van der Waals surface area contributed by atoms with Gasteiger partial charge in [-0.25, -0.2) is 0 Å². The summed E-state index contributed by atoms with van der Waals surface area (Å²) >= 11 is 0. The highest BCUT2D eigenvalue weighted by molar-refractivity contribution is 5.96. The van der Waals surface area contributed by atoms with Crippen molar-refractivity contribution >= 4 is 17.5 Å². The molecule has 5 atom stereocenters. The van der Waals surface area contributed by atoms with E-state index in [0.29, 0.717) is 25.9 Å². The number of benzene rings is 2.